The Morgan fingerprint density at radius 2 is 2.12 bits per heavy atom. The summed E-state index contributed by atoms with van der Waals surface area (Å²) in [6.45, 7) is 5.35. The Hall–Kier alpha value is -3.11. The zero-order valence-electron chi connectivity index (χ0n) is 17.0. The maximum Gasteiger partial charge on any atom is 0.325 e. The summed E-state index contributed by atoms with van der Waals surface area (Å²) in [4.78, 5) is 30.7. The van der Waals surface area contributed by atoms with E-state index in [9.17, 15) is 9.59 Å². The molecule has 8 nitrogen and oxygen atoms in total. The maximum atomic E-state index is 13.2. The Morgan fingerprint density at radius 1 is 1.38 bits per heavy atom. The van der Waals surface area contributed by atoms with Crippen molar-refractivity contribution < 1.29 is 19.0 Å². The van der Waals surface area contributed by atoms with Crippen LogP contribution < -0.4 is 24.6 Å². The van der Waals surface area contributed by atoms with Crippen LogP contribution in [0.3, 0.4) is 0 Å². The fourth-order valence-electron chi connectivity index (χ4n) is 3.93. The standard InChI is InChI=1S/C22H17BrN4O4S/c1-3-8-32-22-24-20(29)19-13-6-4-5-7-16(13)26(12(2)28)21(27(19)25-22)14-9-17-18(10-15(14)23)31-11-30-17/h3-7,9-10,21H,1,8,11H2,2H3/p+1. The van der Waals surface area contributed by atoms with Crippen LogP contribution >= 0.6 is 27.7 Å². The second-order valence-electron chi connectivity index (χ2n) is 7.16. The third kappa shape index (κ3) is 3.30. The Labute approximate surface area is 196 Å². The minimum atomic E-state index is -0.716. The molecule has 5 rings (SSSR count). The number of halogens is 1. The van der Waals surface area contributed by atoms with Gasteiger partial charge in [0.25, 0.3) is 6.17 Å². The van der Waals surface area contributed by atoms with Crippen molar-refractivity contribution in [1.29, 1.82) is 0 Å². The van der Waals surface area contributed by atoms with Crippen LogP contribution in [-0.4, -0.2) is 28.5 Å². The number of benzene rings is 2. The van der Waals surface area contributed by atoms with E-state index in [4.69, 9.17) is 14.6 Å². The lowest BCUT2D eigenvalue weighted by atomic mass is 10.0. The molecular weight excluding hydrogens is 496 g/mol. The topological polar surface area (TPSA) is 88.4 Å². The van der Waals surface area contributed by atoms with E-state index >= 15 is 0 Å². The maximum absolute atomic E-state index is 13.2. The number of carbonyl (C=O) groups excluding carboxylic acids is 1. The quantitative estimate of drug-likeness (QED) is 0.326. The molecule has 0 fully saturated rings. The summed E-state index contributed by atoms with van der Waals surface area (Å²) in [5.74, 6) is 1.57. The van der Waals surface area contributed by atoms with Crippen LogP contribution in [-0.2, 0) is 4.79 Å². The van der Waals surface area contributed by atoms with Gasteiger partial charge < -0.3 is 9.47 Å². The molecule has 2 aromatic carbocycles. The van der Waals surface area contributed by atoms with Crippen molar-refractivity contribution in [3.05, 3.63) is 69.4 Å². The van der Waals surface area contributed by atoms with Gasteiger partial charge in [0.05, 0.1) is 16.8 Å². The Bertz CT molecular complexity index is 1330. The predicted molar refractivity (Wildman–Crippen MR) is 123 cm³/mol. The number of nitrogens with one attached hydrogen (secondary N) is 1. The van der Waals surface area contributed by atoms with Crippen LogP contribution in [0, 0.1) is 0 Å². The van der Waals surface area contributed by atoms with E-state index in [2.05, 4.69) is 27.5 Å². The number of hydrogen-bond acceptors (Lipinski definition) is 6. The van der Waals surface area contributed by atoms with Crippen LogP contribution in [0.5, 0.6) is 11.5 Å². The first-order valence-electron chi connectivity index (χ1n) is 9.77. The van der Waals surface area contributed by atoms with E-state index in [1.165, 1.54) is 18.7 Å². The average Bonchev–Trinajstić information content (AvgIpc) is 3.23. The van der Waals surface area contributed by atoms with Gasteiger partial charge in [-0.2, -0.15) is 0 Å². The number of H-pyrrole nitrogens is 1. The van der Waals surface area contributed by atoms with Gasteiger partial charge in [-0.1, -0.05) is 45.9 Å². The van der Waals surface area contributed by atoms with Crippen LogP contribution in [0.15, 0.2) is 63.5 Å². The fraction of sp³-hybridized carbons (Fsp3) is 0.182. The van der Waals surface area contributed by atoms with Crippen molar-refractivity contribution in [2.75, 3.05) is 17.4 Å². The van der Waals surface area contributed by atoms with Gasteiger partial charge in [0.15, 0.2) is 11.5 Å². The normalized spacial score (nSPS) is 15.8. The van der Waals surface area contributed by atoms with Crippen LogP contribution in [0.4, 0.5) is 5.69 Å². The third-order valence-electron chi connectivity index (χ3n) is 5.21. The first kappa shape index (κ1) is 20.8. The summed E-state index contributed by atoms with van der Waals surface area (Å²) in [7, 11) is 0. The lowest BCUT2D eigenvalue weighted by molar-refractivity contribution is -0.763. The van der Waals surface area contributed by atoms with E-state index in [0.717, 1.165) is 0 Å². The molecule has 0 bridgehead atoms. The number of rotatable bonds is 4. The molecule has 2 aliphatic heterocycles. The van der Waals surface area contributed by atoms with Crippen molar-refractivity contribution in [3.8, 4) is 22.8 Å². The number of aromatic nitrogens is 3. The molecule has 32 heavy (non-hydrogen) atoms. The number of amides is 1. The smallest absolute Gasteiger partial charge is 0.325 e. The van der Waals surface area contributed by atoms with E-state index in [1.54, 1.807) is 21.7 Å². The molecule has 3 aromatic rings. The Balaban J connectivity index is 1.82. The largest absolute Gasteiger partial charge is 0.454 e. The summed E-state index contributed by atoms with van der Waals surface area (Å²) >= 11 is 4.97. The molecule has 3 heterocycles. The minimum absolute atomic E-state index is 0.124. The molecule has 1 aromatic heterocycles. The molecule has 1 atom stereocenters. The average molecular weight is 514 g/mol. The highest BCUT2D eigenvalue weighted by Crippen LogP contribution is 2.43. The van der Waals surface area contributed by atoms with Crippen LogP contribution in [0.1, 0.15) is 18.7 Å². The second kappa shape index (κ2) is 8.10. The highest BCUT2D eigenvalue weighted by atomic mass is 79.9. The van der Waals surface area contributed by atoms with E-state index in [0.29, 0.717) is 49.4 Å². The second-order valence-corrected chi connectivity index (χ2v) is 9.02. The number of thioether (sulfide) groups is 1. The number of aromatic amines is 1. The summed E-state index contributed by atoms with van der Waals surface area (Å²) in [6.07, 6.45) is 1.02. The van der Waals surface area contributed by atoms with Gasteiger partial charge in [-0.3, -0.25) is 14.6 Å². The van der Waals surface area contributed by atoms with Crippen LogP contribution in [0.2, 0.25) is 0 Å². The number of anilines is 1. The first-order valence-corrected chi connectivity index (χ1v) is 11.6. The molecule has 0 saturated heterocycles. The third-order valence-corrected chi connectivity index (χ3v) is 6.75. The Kier molecular flexibility index (Phi) is 5.26. The van der Waals surface area contributed by atoms with Crippen molar-refractivity contribution in [2.24, 2.45) is 0 Å². The molecule has 1 unspecified atom stereocenters. The molecular formula is C22H18BrN4O4S+. The molecule has 0 radical (unpaired) electrons. The zero-order valence-corrected chi connectivity index (χ0v) is 19.4. The predicted octanol–water partition coefficient (Wildman–Crippen LogP) is 3.41. The van der Waals surface area contributed by atoms with Crippen molar-refractivity contribution in [3.63, 3.8) is 0 Å². The fourth-order valence-corrected chi connectivity index (χ4v) is 5.04. The van der Waals surface area contributed by atoms with Gasteiger partial charge in [-0.05, 0) is 28.9 Å². The number of ether oxygens (including phenoxy) is 2. The van der Waals surface area contributed by atoms with Crippen molar-refractivity contribution in [1.82, 2.24) is 10.1 Å². The summed E-state index contributed by atoms with van der Waals surface area (Å²) in [5.41, 5.74) is 2.06. The molecule has 10 heteroatoms. The monoisotopic (exact) mass is 513 g/mol. The van der Waals surface area contributed by atoms with Gasteiger partial charge >= 0.3 is 11.3 Å². The van der Waals surface area contributed by atoms with Crippen LogP contribution in [0.25, 0.3) is 11.3 Å². The number of carbonyl (C=O) groups is 1. The number of nitrogens with zero attached hydrogens (tertiary/aromatic N) is 3. The number of fused-ring (bicyclic) bond motifs is 4. The van der Waals surface area contributed by atoms with E-state index in [1.807, 2.05) is 30.3 Å². The highest BCUT2D eigenvalue weighted by molar-refractivity contribution is 9.10. The van der Waals surface area contributed by atoms with Gasteiger partial charge in [0.2, 0.25) is 17.9 Å². The SMILES string of the molecule is C=CCSc1n[n+]2c(c(=O)[nH]1)-c1ccccc1N(C(C)=O)C2c1cc2c(cc1Br)OCO2. The van der Waals surface area contributed by atoms with E-state index < -0.39 is 6.17 Å². The highest BCUT2D eigenvalue weighted by Gasteiger charge is 2.46. The molecule has 0 saturated carbocycles. The Morgan fingerprint density at radius 3 is 2.88 bits per heavy atom. The van der Waals surface area contributed by atoms with Crippen molar-refractivity contribution in [2.45, 2.75) is 18.2 Å². The van der Waals surface area contributed by atoms with E-state index in [-0.39, 0.29) is 18.3 Å². The summed E-state index contributed by atoms with van der Waals surface area (Å²) < 4.78 is 13.4. The van der Waals surface area contributed by atoms with Gasteiger partial charge in [-0.25, -0.2) is 4.90 Å². The molecule has 2 aliphatic rings. The van der Waals surface area contributed by atoms with Crippen molar-refractivity contribution >= 4 is 39.3 Å². The number of hydrogen-bond donors (Lipinski definition) is 1. The molecule has 0 spiro atoms. The van der Waals surface area contributed by atoms with Gasteiger partial charge in [-0.15, -0.1) is 6.58 Å². The lowest BCUT2D eigenvalue weighted by Gasteiger charge is -2.31. The molecule has 162 valence electrons. The summed E-state index contributed by atoms with van der Waals surface area (Å²) in [6, 6.07) is 10.9. The zero-order chi connectivity index (χ0) is 22.4. The molecule has 1 amide bonds. The minimum Gasteiger partial charge on any atom is -0.454 e. The van der Waals surface area contributed by atoms with Gasteiger partial charge in [0.1, 0.15) is 0 Å². The molecule has 0 aliphatic carbocycles. The number of para-hydroxylation sites is 1. The lowest BCUT2D eigenvalue weighted by Crippen LogP contribution is -2.60. The van der Waals surface area contributed by atoms with Gasteiger partial charge in [0, 0.05) is 22.2 Å². The first-order chi connectivity index (χ1) is 15.5. The molecule has 1 N–H and O–H groups in total. The summed E-state index contributed by atoms with van der Waals surface area (Å²) in [5, 5.41) is 5.16.